The highest BCUT2D eigenvalue weighted by atomic mass is 31.2. The number of para-hydroxylation sites is 2. The van der Waals surface area contributed by atoms with Crippen molar-refractivity contribution < 1.29 is 4.52 Å². The van der Waals surface area contributed by atoms with Gasteiger partial charge < -0.3 is 13.9 Å². The van der Waals surface area contributed by atoms with Crippen LogP contribution in [0.4, 0.5) is 11.4 Å². The third kappa shape index (κ3) is 3.68. The first-order valence-electron chi connectivity index (χ1n) is 8.54. The van der Waals surface area contributed by atoms with E-state index in [0.717, 1.165) is 13.1 Å². The van der Waals surface area contributed by atoms with Crippen molar-refractivity contribution in [3.05, 3.63) is 96.6 Å². The van der Waals surface area contributed by atoms with Crippen molar-refractivity contribution in [2.24, 2.45) is 0 Å². The molecule has 126 valence electrons. The first-order valence-corrected chi connectivity index (χ1v) is 9.70. The molecule has 4 heteroatoms. The Labute approximate surface area is 150 Å². The van der Waals surface area contributed by atoms with Gasteiger partial charge in [0.1, 0.15) is 0 Å². The minimum atomic E-state index is -0.882. The first-order chi connectivity index (χ1) is 12.4. The van der Waals surface area contributed by atoms with E-state index in [9.17, 15) is 0 Å². The zero-order valence-corrected chi connectivity index (χ0v) is 14.9. The zero-order valence-electron chi connectivity index (χ0n) is 14.0. The number of nitrogens with zero attached hydrogens (tertiary/aromatic N) is 2. The highest BCUT2D eigenvalue weighted by Crippen LogP contribution is 2.54. The summed E-state index contributed by atoms with van der Waals surface area (Å²) in [5.74, 6) is 0. The predicted octanol–water partition coefficient (Wildman–Crippen LogP) is 5.46. The molecule has 0 unspecified atom stereocenters. The molecule has 0 saturated carbocycles. The maximum atomic E-state index is 6.44. The van der Waals surface area contributed by atoms with Gasteiger partial charge in [0.05, 0.1) is 6.61 Å². The summed E-state index contributed by atoms with van der Waals surface area (Å²) < 4.78 is 11.2. The quantitative estimate of drug-likeness (QED) is 0.570. The summed E-state index contributed by atoms with van der Waals surface area (Å²) >= 11 is 0. The molecule has 1 saturated heterocycles. The molecule has 0 radical (unpaired) electrons. The van der Waals surface area contributed by atoms with Crippen LogP contribution in [0.15, 0.2) is 91.0 Å². The number of rotatable bonds is 5. The molecule has 25 heavy (non-hydrogen) atoms. The molecule has 0 amide bonds. The Hall–Kier alpha value is -2.35. The van der Waals surface area contributed by atoms with Gasteiger partial charge in [0.2, 0.25) is 8.45 Å². The minimum Gasteiger partial charge on any atom is -0.318 e. The lowest BCUT2D eigenvalue weighted by atomic mass is 10.2. The Kier molecular flexibility index (Phi) is 4.96. The zero-order chi connectivity index (χ0) is 16.9. The van der Waals surface area contributed by atoms with Crippen molar-refractivity contribution in [2.45, 2.75) is 6.61 Å². The monoisotopic (exact) mass is 348 g/mol. The second kappa shape index (κ2) is 7.69. The van der Waals surface area contributed by atoms with Crippen molar-refractivity contribution in [2.75, 3.05) is 22.4 Å². The van der Waals surface area contributed by atoms with Gasteiger partial charge in [-0.3, -0.25) is 0 Å². The van der Waals surface area contributed by atoms with Gasteiger partial charge in [-0.1, -0.05) is 66.7 Å². The highest BCUT2D eigenvalue weighted by molar-refractivity contribution is 7.56. The molecule has 3 aromatic rings. The van der Waals surface area contributed by atoms with E-state index in [-0.39, 0.29) is 0 Å². The second-order valence-electron chi connectivity index (χ2n) is 5.93. The third-order valence-corrected chi connectivity index (χ3v) is 6.28. The number of anilines is 2. The van der Waals surface area contributed by atoms with E-state index in [1.165, 1.54) is 16.9 Å². The third-order valence-electron chi connectivity index (χ3n) is 4.23. The maximum absolute atomic E-state index is 6.44. The van der Waals surface area contributed by atoms with Gasteiger partial charge in [0, 0.05) is 24.5 Å². The molecular weight excluding hydrogens is 327 g/mol. The Morgan fingerprint density at radius 1 is 0.640 bits per heavy atom. The van der Waals surface area contributed by atoms with Crippen LogP contribution in [0.25, 0.3) is 0 Å². The summed E-state index contributed by atoms with van der Waals surface area (Å²) in [6.45, 7) is 2.57. The van der Waals surface area contributed by atoms with E-state index in [4.69, 9.17) is 4.52 Å². The molecule has 1 heterocycles. The summed E-state index contributed by atoms with van der Waals surface area (Å²) in [7, 11) is -0.882. The van der Waals surface area contributed by atoms with Gasteiger partial charge in [0.25, 0.3) is 0 Å². The smallest absolute Gasteiger partial charge is 0.248 e. The predicted molar refractivity (Wildman–Crippen MR) is 106 cm³/mol. The highest BCUT2D eigenvalue weighted by Gasteiger charge is 2.34. The molecule has 3 nitrogen and oxygen atoms in total. The van der Waals surface area contributed by atoms with Crippen molar-refractivity contribution >= 4 is 19.8 Å². The van der Waals surface area contributed by atoms with Gasteiger partial charge in [-0.25, -0.2) is 0 Å². The van der Waals surface area contributed by atoms with E-state index in [1.54, 1.807) is 0 Å². The van der Waals surface area contributed by atoms with Gasteiger partial charge in [-0.2, -0.15) is 0 Å². The van der Waals surface area contributed by atoms with Crippen molar-refractivity contribution in [3.8, 4) is 0 Å². The van der Waals surface area contributed by atoms with E-state index in [1.807, 2.05) is 6.07 Å². The van der Waals surface area contributed by atoms with Crippen molar-refractivity contribution in [3.63, 3.8) is 0 Å². The maximum Gasteiger partial charge on any atom is 0.248 e. The number of benzene rings is 3. The van der Waals surface area contributed by atoms with Gasteiger partial charge >= 0.3 is 0 Å². The second-order valence-corrected chi connectivity index (χ2v) is 7.66. The van der Waals surface area contributed by atoms with Crippen LogP contribution in [0.5, 0.6) is 0 Å². The summed E-state index contributed by atoms with van der Waals surface area (Å²) in [5.41, 5.74) is 3.65. The van der Waals surface area contributed by atoms with Crippen LogP contribution in [0.1, 0.15) is 5.56 Å². The topological polar surface area (TPSA) is 15.7 Å². The molecule has 3 aromatic carbocycles. The molecule has 0 aromatic heterocycles. The summed E-state index contributed by atoms with van der Waals surface area (Å²) in [6.07, 6.45) is 0. The Morgan fingerprint density at radius 3 is 1.56 bits per heavy atom. The van der Waals surface area contributed by atoms with E-state index in [2.05, 4.69) is 94.3 Å². The summed E-state index contributed by atoms with van der Waals surface area (Å²) in [4.78, 5) is 0. The molecule has 0 atom stereocenters. The molecule has 0 N–H and O–H groups in total. The molecular formula is C21H21N2OP. The Morgan fingerprint density at radius 2 is 1.08 bits per heavy atom. The van der Waals surface area contributed by atoms with Gasteiger partial charge in [-0.05, 0) is 29.8 Å². The van der Waals surface area contributed by atoms with E-state index in [0.29, 0.717) is 6.61 Å². The van der Waals surface area contributed by atoms with Crippen LogP contribution >= 0.6 is 8.45 Å². The fraction of sp³-hybridized carbons (Fsp3) is 0.143. The van der Waals surface area contributed by atoms with E-state index >= 15 is 0 Å². The van der Waals surface area contributed by atoms with E-state index < -0.39 is 8.45 Å². The van der Waals surface area contributed by atoms with Gasteiger partial charge in [0.15, 0.2) is 0 Å². The van der Waals surface area contributed by atoms with Crippen LogP contribution < -0.4 is 9.34 Å². The average Bonchev–Trinajstić information content (AvgIpc) is 3.12. The summed E-state index contributed by atoms with van der Waals surface area (Å²) in [6, 6.07) is 31.5. The first kappa shape index (κ1) is 16.1. The normalized spacial score (nSPS) is 14.9. The fourth-order valence-electron chi connectivity index (χ4n) is 2.99. The molecule has 0 bridgehead atoms. The summed E-state index contributed by atoms with van der Waals surface area (Å²) in [5, 5.41) is 0. The Bertz CT molecular complexity index is 735. The molecule has 1 aliphatic heterocycles. The standard InChI is InChI=1S/C21H21N2OP/c1-4-10-19(11-5-1)18-24-25-22(20-12-6-2-7-13-20)16-17-23(25)21-14-8-3-9-15-21/h1-15H,16-18H2. The molecule has 0 aliphatic carbocycles. The van der Waals surface area contributed by atoms with Crippen LogP contribution in [-0.4, -0.2) is 13.1 Å². The number of hydrogen-bond donors (Lipinski definition) is 0. The van der Waals surface area contributed by atoms with Crippen LogP contribution in [0.3, 0.4) is 0 Å². The lowest BCUT2D eigenvalue weighted by Crippen LogP contribution is -2.16. The fourth-order valence-corrected chi connectivity index (χ4v) is 4.98. The van der Waals surface area contributed by atoms with Crippen LogP contribution in [0, 0.1) is 0 Å². The SMILES string of the molecule is c1ccc(COP2N(c3ccccc3)CCN2c2ccccc2)cc1. The molecule has 4 rings (SSSR count). The molecule has 1 aliphatic rings. The van der Waals surface area contributed by atoms with Crippen LogP contribution in [-0.2, 0) is 11.1 Å². The van der Waals surface area contributed by atoms with Crippen molar-refractivity contribution in [1.82, 2.24) is 0 Å². The van der Waals surface area contributed by atoms with Gasteiger partial charge in [-0.15, -0.1) is 0 Å². The molecule has 1 fully saturated rings. The largest absolute Gasteiger partial charge is 0.318 e. The lowest BCUT2D eigenvalue weighted by Gasteiger charge is -2.30. The average molecular weight is 348 g/mol. The minimum absolute atomic E-state index is 0.624. The molecule has 0 spiro atoms. The number of hydrogen-bond acceptors (Lipinski definition) is 3. The Balaban J connectivity index is 1.59. The lowest BCUT2D eigenvalue weighted by molar-refractivity contribution is 0.341. The van der Waals surface area contributed by atoms with Crippen molar-refractivity contribution in [1.29, 1.82) is 0 Å². The van der Waals surface area contributed by atoms with Crippen LogP contribution in [0.2, 0.25) is 0 Å².